The summed E-state index contributed by atoms with van der Waals surface area (Å²) in [5.41, 5.74) is -0.766. The van der Waals surface area contributed by atoms with E-state index in [1.807, 2.05) is 0 Å². The third-order valence-corrected chi connectivity index (χ3v) is 2.57. The summed E-state index contributed by atoms with van der Waals surface area (Å²) in [6, 6.07) is 6.98. The van der Waals surface area contributed by atoms with Gasteiger partial charge in [0, 0.05) is 0 Å². The van der Waals surface area contributed by atoms with E-state index in [0.717, 1.165) is 5.56 Å². The summed E-state index contributed by atoms with van der Waals surface area (Å²) in [7, 11) is 1.56. The van der Waals surface area contributed by atoms with Gasteiger partial charge in [0.25, 0.3) is 0 Å². The van der Waals surface area contributed by atoms with Gasteiger partial charge in [0.1, 0.15) is 12.4 Å². The van der Waals surface area contributed by atoms with E-state index in [1.54, 1.807) is 31.4 Å². The van der Waals surface area contributed by atoms with Gasteiger partial charge in [-0.1, -0.05) is 12.1 Å². The molecule has 98 valence electrons. The lowest BCUT2D eigenvalue weighted by atomic mass is 9.94. The molecule has 5 nitrogen and oxygen atoms in total. The summed E-state index contributed by atoms with van der Waals surface area (Å²) in [6.07, 6.45) is 0. The van der Waals surface area contributed by atoms with Crippen LogP contribution in [0, 0.1) is 5.41 Å². The largest absolute Gasteiger partial charge is 0.497 e. The quantitative estimate of drug-likeness (QED) is 0.639. The monoisotopic (exact) mass is 252 g/mol. The second-order valence-corrected chi connectivity index (χ2v) is 4.35. The van der Waals surface area contributed by atoms with Crippen molar-refractivity contribution in [2.75, 3.05) is 7.11 Å². The van der Waals surface area contributed by atoms with Crippen LogP contribution in [-0.4, -0.2) is 24.2 Å². The predicted octanol–water partition coefficient (Wildman–Crippen LogP) is 1.85. The first-order valence-electron chi connectivity index (χ1n) is 5.41. The molecule has 5 heteroatoms. The molecule has 0 heterocycles. The molecule has 0 aliphatic heterocycles. The van der Waals surface area contributed by atoms with Crippen molar-refractivity contribution in [2.45, 2.75) is 20.5 Å². The van der Waals surface area contributed by atoms with Crippen molar-refractivity contribution in [3.63, 3.8) is 0 Å². The van der Waals surface area contributed by atoms with E-state index >= 15 is 0 Å². The molecule has 0 atom stereocenters. The highest BCUT2D eigenvalue weighted by Crippen LogP contribution is 2.19. The minimum Gasteiger partial charge on any atom is -0.497 e. The normalized spacial score (nSPS) is 10.8. The van der Waals surface area contributed by atoms with Crippen molar-refractivity contribution < 1.29 is 24.2 Å². The Morgan fingerprint density at radius 3 is 2.22 bits per heavy atom. The number of ether oxygens (including phenoxy) is 2. The average Bonchev–Trinajstić information content (AvgIpc) is 2.36. The summed E-state index contributed by atoms with van der Waals surface area (Å²) in [5, 5.41) is 8.86. The van der Waals surface area contributed by atoms with E-state index < -0.39 is 17.4 Å². The standard InChI is InChI=1S/C13H16O5/c1-13(2,11(14)15)12(16)18-8-9-4-6-10(17-3)7-5-9/h4-7H,8H2,1-3H3,(H,14,15). The predicted molar refractivity (Wildman–Crippen MR) is 64.2 cm³/mol. The smallest absolute Gasteiger partial charge is 0.323 e. The molecule has 18 heavy (non-hydrogen) atoms. The second-order valence-electron chi connectivity index (χ2n) is 4.35. The van der Waals surface area contributed by atoms with Crippen LogP contribution in [0.4, 0.5) is 0 Å². The van der Waals surface area contributed by atoms with Gasteiger partial charge in [-0.15, -0.1) is 0 Å². The zero-order chi connectivity index (χ0) is 13.8. The molecule has 0 aliphatic carbocycles. The molecule has 1 N–H and O–H groups in total. The van der Waals surface area contributed by atoms with Crippen LogP contribution in [0.3, 0.4) is 0 Å². The summed E-state index contributed by atoms with van der Waals surface area (Å²) in [5.74, 6) is -1.26. The zero-order valence-electron chi connectivity index (χ0n) is 10.6. The fourth-order valence-corrected chi connectivity index (χ4v) is 1.14. The maximum atomic E-state index is 11.6. The molecule has 1 rings (SSSR count). The van der Waals surface area contributed by atoms with Crippen LogP contribution < -0.4 is 4.74 Å². The Kier molecular flexibility index (Phi) is 4.31. The van der Waals surface area contributed by atoms with E-state index in [0.29, 0.717) is 5.75 Å². The summed E-state index contributed by atoms with van der Waals surface area (Å²) >= 11 is 0. The lowest BCUT2D eigenvalue weighted by Gasteiger charge is -2.17. The van der Waals surface area contributed by atoms with Crippen molar-refractivity contribution in [2.24, 2.45) is 5.41 Å². The summed E-state index contributed by atoms with van der Waals surface area (Å²) in [4.78, 5) is 22.4. The number of carboxylic acid groups (broad SMARTS) is 1. The molecule has 0 fully saturated rings. The van der Waals surface area contributed by atoms with Crippen molar-refractivity contribution in [3.8, 4) is 5.75 Å². The Hall–Kier alpha value is -2.04. The first kappa shape index (κ1) is 14.0. The molecular weight excluding hydrogens is 236 g/mol. The maximum absolute atomic E-state index is 11.6. The third kappa shape index (κ3) is 3.23. The number of benzene rings is 1. The first-order chi connectivity index (χ1) is 8.37. The second kappa shape index (κ2) is 5.53. The molecule has 0 aromatic heterocycles. The Morgan fingerprint density at radius 2 is 1.78 bits per heavy atom. The van der Waals surface area contributed by atoms with Crippen molar-refractivity contribution in [3.05, 3.63) is 29.8 Å². The molecular formula is C13H16O5. The molecule has 0 bridgehead atoms. The van der Waals surface area contributed by atoms with Crippen molar-refractivity contribution in [1.82, 2.24) is 0 Å². The van der Waals surface area contributed by atoms with Crippen LogP contribution in [0.15, 0.2) is 24.3 Å². The Morgan fingerprint density at radius 1 is 1.22 bits per heavy atom. The van der Waals surface area contributed by atoms with Crippen LogP contribution in [-0.2, 0) is 20.9 Å². The highest BCUT2D eigenvalue weighted by atomic mass is 16.5. The van der Waals surface area contributed by atoms with Gasteiger partial charge < -0.3 is 14.6 Å². The van der Waals surface area contributed by atoms with Gasteiger partial charge >= 0.3 is 11.9 Å². The molecule has 0 saturated heterocycles. The minimum absolute atomic E-state index is 0.0412. The molecule has 1 aromatic rings. The van der Waals surface area contributed by atoms with Gasteiger partial charge in [0.15, 0.2) is 5.41 Å². The van der Waals surface area contributed by atoms with Crippen molar-refractivity contribution >= 4 is 11.9 Å². The van der Waals surface area contributed by atoms with E-state index in [-0.39, 0.29) is 6.61 Å². The molecule has 0 radical (unpaired) electrons. The van der Waals surface area contributed by atoms with E-state index in [4.69, 9.17) is 14.6 Å². The van der Waals surface area contributed by atoms with Gasteiger partial charge in [0.2, 0.25) is 0 Å². The molecule has 0 amide bonds. The van der Waals surface area contributed by atoms with E-state index in [1.165, 1.54) is 13.8 Å². The van der Waals surface area contributed by atoms with Crippen LogP contribution in [0.5, 0.6) is 5.75 Å². The van der Waals surface area contributed by atoms with Gasteiger partial charge in [-0.3, -0.25) is 9.59 Å². The number of carbonyl (C=O) groups excluding carboxylic acids is 1. The van der Waals surface area contributed by atoms with Crippen LogP contribution in [0.1, 0.15) is 19.4 Å². The molecule has 0 aliphatic rings. The number of carboxylic acids is 1. The van der Waals surface area contributed by atoms with E-state index in [2.05, 4.69) is 0 Å². The number of rotatable bonds is 5. The number of carbonyl (C=O) groups is 2. The van der Waals surface area contributed by atoms with Gasteiger partial charge in [-0.05, 0) is 31.5 Å². The maximum Gasteiger partial charge on any atom is 0.323 e. The minimum atomic E-state index is -1.54. The van der Waals surface area contributed by atoms with Crippen molar-refractivity contribution in [1.29, 1.82) is 0 Å². The highest BCUT2D eigenvalue weighted by molar-refractivity contribution is 5.98. The summed E-state index contributed by atoms with van der Waals surface area (Å²) < 4.78 is 9.96. The molecule has 0 spiro atoms. The SMILES string of the molecule is COc1ccc(COC(=O)C(C)(C)C(=O)O)cc1. The van der Waals surface area contributed by atoms with Crippen LogP contribution in [0.2, 0.25) is 0 Å². The van der Waals surface area contributed by atoms with Crippen LogP contribution in [0.25, 0.3) is 0 Å². The third-order valence-electron chi connectivity index (χ3n) is 2.57. The average molecular weight is 252 g/mol. The highest BCUT2D eigenvalue weighted by Gasteiger charge is 2.37. The number of hydrogen-bond acceptors (Lipinski definition) is 4. The van der Waals surface area contributed by atoms with Gasteiger partial charge in [-0.2, -0.15) is 0 Å². The lowest BCUT2D eigenvalue weighted by molar-refractivity contribution is -0.167. The number of methoxy groups -OCH3 is 1. The fourth-order valence-electron chi connectivity index (χ4n) is 1.14. The number of hydrogen-bond donors (Lipinski definition) is 1. The molecule has 0 saturated carbocycles. The van der Waals surface area contributed by atoms with Crippen LogP contribution >= 0.6 is 0 Å². The van der Waals surface area contributed by atoms with Gasteiger partial charge in [-0.25, -0.2) is 0 Å². The van der Waals surface area contributed by atoms with Gasteiger partial charge in [0.05, 0.1) is 7.11 Å². The summed E-state index contributed by atoms with van der Waals surface area (Å²) in [6.45, 7) is 2.66. The zero-order valence-corrected chi connectivity index (χ0v) is 10.6. The molecule has 0 unspecified atom stereocenters. The first-order valence-corrected chi connectivity index (χ1v) is 5.41. The lowest BCUT2D eigenvalue weighted by Crippen LogP contribution is -2.34. The Labute approximate surface area is 105 Å². The van der Waals surface area contributed by atoms with E-state index in [9.17, 15) is 9.59 Å². The number of esters is 1. The topological polar surface area (TPSA) is 72.8 Å². The Balaban J connectivity index is 2.60. The molecule has 1 aromatic carbocycles. The fraction of sp³-hybridized carbons (Fsp3) is 0.385. The Bertz CT molecular complexity index is 433. The number of aliphatic carboxylic acids is 1.